The van der Waals surface area contributed by atoms with E-state index in [9.17, 15) is 0 Å². The summed E-state index contributed by atoms with van der Waals surface area (Å²) in [4.78, 5) is 0. The van der Waals surface area contributed by atoms with Gasteiger partial charge in [-0.1, -0.05) is 159 Å². The van der Waals surface area contributed by atoms with Crippen LogP contribution in [0.25, 0.3) is 0 Å². The van der Waals surface area contributed by atoms with Gasteiger partial charge in [0.2, 0.25) is 0 Å². The van der Waals surface area contributed by atoms with Gasteiger partial charge in [-0.2, -0.15) is 0 Å². The summed E-state index contributed by atoms with van der Waals surface area (Å²) in [5.41, 5.74) is 0. The molecular formula is C43H78O2. The molecule has 1 heterocycles. The quantitative estimate of drug-likeness (QED) is 0.0533. The minimum absolute atomic E-state index is 0.289. The SMILES string of the molecule is CCCCC/C=C\C/C=C\CCCCCCCCC1(CCCCCCCC/C=C\C/C=C\CCCCC)OCC(CCCC)O1. The summed E-state index contributed by atoms with van der Waals surface area (Å²) in [5.74, 6) is -0.289. The zero-order valence-electron chi connectivity index (χ0n) is 30.7. The van der Waals surface area contributed by atoms with Crippen LogP contribution in [0.5, 0.6) is 0 Å². The van der Waals surface area contributed by atoms with Crippen molar-refractivity contribution in [1.82, 2.24) is 0 Å². The Morgan fingerprint density at radius 2 is 0.822 bits per heavy atom. The molecule has 1 rings (SSSR count). The Kier molecular flexibility index (Phi) is 30.5. The van der Waals surface area contributed by atoms with Crippen molar-refractivity contribution in [2.45, 2.75) is 219 Å². The molecule has 0 aromatic rings. The van der Waals surface area contributed by atoms with Crippen LogP contribution in [0.15, 0.2) is 48.6 Å². The molecule has 0 bridgehead atoms. The second-order valence-electron chi connectivity index (χ2n) is 13.8. The van der Waals surface area contributed by atoms with Crippen LogP contribution in [0.2, 0.25) is 0 Å². The average Bonchev–Trinajstić information content (AvgIpc) is 3.46. The zero-order valence-corrected chi connectivity index (χ0v) is 30.7. The number of hydrogen-bond donors (Lipinski definition) is 0. The third-order valence-corrected chi connectivity index (χ3v) is 9.31. The maximum Gasteiger partial charge on any atom is 0.168 e. The summed E-state index contributed by atoms with van der Waals surface area (Å²) < 4.78 is 13.1. The van der Waals surface area contributed by atoms with Gasteiger partial charge in [0.05, 0.1) is 12.7 Å². The topological polar surface area (TPSA) is 18.5 Å². The van der Waals surface area contributed by atoms with Crippen LogP contribution in [-0.4, -0.2) is 18.5 Å². The van der Waals surface area contributed by atoms with Crippen LogP contribution in [0.4, 0.5) is 0 Å². The van der Waals surface area contributed by atoms with Crippen molar-refractivity contribution < 1.29 is 9.47 Å². The van der Waals surface area contributed by atoms with E-state index in [1.54, 1.807) is 0 Å². The molecule has 1 aliphatic rings. The lowest BCUT2D eigenvalue weighted by atomic mass is 9.98. The molecule has 2 nitrogen and oxygen atoms in total. The van der Waals surface area contributed by atoms with E-state index in [-0.39, 0.29) is 5.79 Å². The van der Waals surface area contributed by atoms with Crippen molar-refractivity contribution in [3.8, 4) is 0 Å². The Morgan fingerprint density at radius 1 is 0.444 bits per heavy atom. The van der Waals surface area contributed by atoms with Gasteiger partial charge >= 0.3 is 0 Å². The monoisotopic (exact) mass is 627 g/mol. The summed E-state index contributed by atoms with van der Waals surface area (Å²) in [6, 6.07) is 0. The second-order valence-corrected chi connectivity index (χ2v) is 13.8. The van der Waals surface area contributed by atoms with E-state index in [2.05, 4.69) is 69.4 Å². The largest absolute Gasteiger partial charge is 0.347 e. The molecule has 1 fully saturated rings. The van der Waals surface area contributed by atoms with E-state index in [1.807, 2.05) is 0 Å². The van der Waals surface area contributed by atoms with Gasteiger partial charge in [-0.25, -0.2) is 0 Å². The predicted molar refractivity (Wildman–Crippen MR) is 201 cm³/mol. The minimum Gasteiger partial charge on any atom is -0.347 e. The third-order valence-electron chi connectivity index (χ3n) is 9.31. The Bertz CT molecular complexity index is 669. The molecule has 0 saturated carbocycles. The fourth-order valence-electron chi connectivity index (χ4n) is 6.34. The number of unbranched alkanes of at least 4 members (excludes halogenated alkanes) is 19. The lowest BCUT2D eigenvalue weighted by Gasteiger charge is -2.28. The van der Waals surface area contributed by atoms with Crippen molar-refractivity contribution in [1.29, 1.82) is 0 Å². The molecule has 1 atom stereocenters. The molecule has 1 saturated heterocycles. The fourth-order valence-corrected chi connectivity index (χ4v) is 6.34. The van der Waals surface area contributed by atoms with E-state index in [4.69, 9.17) is 9.47 Å². The van der Waals surface area contributed by atoms with Crippen molar-refractivity contribution in [2.24, 2.45) is 0 Å². The summed E-state index contributed by atoms with van der Waals surface area (Å²) in [5, 5.41) is 0. The smallest absolute Gasteiger partial charge is 0.168 e. The highest BCUT2D eigenvalue weighted by atomic mass is 16.7. The predicted octanol–water partition coefficient (Wildman–Crippen LogP) is 14.7. The maximum absolute atomic E-state index is 6.65. The van der Waals surface area contributed by atoms with Gasteiger partial charge in [0, 0.05) is 12.8 Å². The summed E-state index contributed by atoms with van der Waals surface area (Å²) in [7, 11) is 0. The van der Waals surface area contributed by atoms with Crippen LogP contribution in [-0.2, 0) is 9.47 Å². The van der Waals surface area contributed by atoms with Gasteiger partial charge in [-0.05, 0) is 83.5 Å². The number of hydrogen-bond acceptors (Lipinski definition) is 2. The maximum atomic E-state index is 6.65. The van der Waals surface area contributed by atoms with E-state index < -0.39 is 0 Å². The molecule has 0 radical (unpaired) electrons. The Labute approximate surface area is 283 Å². The van der Waals surface area contributed by atoms with Gasteiger partial charge in [-0.3, -0.25) is 0 Å². The van der Waals surface area contributed by atoms with Crippen LogP contribution in [0.1, 0.15) is 207 Å². The first-order valence-electron chi connectivity index (χ1n) is 20.2. The summed E-state index contributed by atoms with van der Waals surface area (Å²) in [6.45, 7) is 7.62. The van der Waals surface area contributed by atoms with Crippen molar-refractivity contribution in [2.75, 3.05) is 6.61 Å². The standard InChI is InChI=1S/C43H78O2/c1-4-7-10-12-14-16-18-20-22-24-26-28-30-32-34-36-39-43(44-41-42(45-43)38-9-6-3)40-37-35-33-31-29-27-25-23-21-19-17-15-13-11-8-5-2/h14-17,20-23,42H,4-13,18-19,24-41H2,1-3H3/b16-14-,17-15-,22-20-,23-21-. The van der Waals surface area contributed by atoms with E-state index in [1.165, 1.54) is 154 Å². The Morgan fingerprint density at radius 3 is 1.24 bits per heavy atom. The number of allylic oxidation sites excluding steroid dienone is 8. The molecule has 0 aromatic heterocycles. The molecule has 0 amide bonds. The van der Waals surface area contributed by atoms with Crippen molar-refractivity contribution in [3.63, 3.8) is 0 Å². The van der Waals surface area contributed by atoms with E-state index in [0.29, 0.717) is 6.10 Å². The lowest BCUT2D eigenvalue weighted by molar-refractivity contribution is -0.180. The van der Waals surface area contributed by atoms with E-state index >= 15 is 0 Å². The minimum atomic E-state index is -0.289. The lowest BCUT2D eigenvalue weighted by Crippen LogP contribution is -2.31. The molecule has 0 aromatic carbocycles. The van der Waals surface area contributed by atoms with Gasteiger partial charge in [0.1, 0.15) is 0 Å². The summed E-state index contributed by atoms with van der Waals surface area (Å²) in [6.07, 6.45) is 56.1. The zero-order chi connectivity index (χ0) is 32.4. The van der Waals surface area contributed by atoms with Crippen molar-refractivity contribution >= 4 is 0 Å². The molecule has 45 heavy (non-hydrogen) atoms. The highest BCUT2D eigenvalue weighted by Crippen LogP contribution is 2.36. The highest BCUT2D eigenvalue weighted by molar-refractivity contribution is 4.93. The number of ether oxygens (including phenoxy) is 2. The molecule has 1 aliphatic heterocycles. The van der Waals surface area contributed by atoms with Crippen molar-refractivity contribution in [3.05, 3.63) is 48.6 Å². The molecule has 1 unspecified atom stereocenters. The van der Waals surface area contributed by atoms with Gasteiger partial charge < -0.3 is 9.47 Å². The highest BCUT2D eigenvalue weighted by Gasteiger charge is 2.40. The van der Waals surface area contributed by atoms with Gasteiger partial charge in [-0.15, -0.1) is 0 Å². The van der Waals surface area contributed by atoms with Crippen LogP contribution >= 0.6 is 0 Å². The first kappa shape index (κ1) is 41.9. The fraction of sp³-hybridized carbons (Fsp3) is 0.814. The molecule has 262 valence electrons. The molecule has 2 heteroatoms. The number of rotatable bonds is 33. The van der Waals surface area contributed by atoms with Gasteiger partial charge in [0.15, 0.2) is 5.79 Å². The van der Waals surface area contributed by atoms with E-state index in [0.717, 1.165) is 38.7 Å². The average molecular weight is 627 g/mol. The summed E-state index contributed by atoms with van der Waals surface area (Å²) >= 11 is 0. The Balaban J connectivity index is 2.12. The van der Waals surface area contributed by atoms with Gasteiger partial charge in [0.25, 0.3) is 0 Å². The third kappa shape index (κ3) is 26.6. The Hall–Kier alpha value is -1.12. The van der Waals surface area contributed by atoms with Crippen LogP contribution in [0.3, 0.4) is 0 Å². The van der Waals surface area contributed by atoms with Crippen LogP contribution in [0, 0.1) is 0 Å². The molecular weight excluding hydrogens is 548 g/mol. The molecule has 0 N–H and O–H groups in total. The second kappa shape index (κ2) is 32.8. The first-order chi connectivity index (χ1) is 22.3. The van der Waals surface area contributed by atoms with Crippen LogP contribution < -0.4 is 0 Å². The normalized spacial score (nSPS) is 16.9. The first-order valence-corrected chi connectivity index (χ1v) is 20.2. The molecule has 0 aliphatic carbocycles. The molecule has 0 spiro atoms.